The van der Waals surface area contributed by atoms with Crippen LogP contribution in [0.2, 0.25) is 0 Å². The van der Waals surface area contributed by atoms with E-state index in [1.807, 2.05) is 49.4 Å². The van der Waals surface area contributed by atoms with Gasteiger partial charge in [0.15, 0.2) is 0 Å². The van der Waals surface area contributed by atoms with Gasteiger partial charge in [0.05, 0.1) is 17.9 Å². The second kappa shape index (κ2) is 6.26. The number of benzene rings is 2. The average molecular weight is 317 g/mol. The third kappa shape index (κ3) is 3.27. The first-order chi connectivity index (χ1) is 9.24. The van der Waals surface area contributed by atoms with Gasteiger partial charge in [-0.2, -0.15) is 5.26 Å². The van der Waals surface area contributed by atoms with Gasteiger partial charge < -0.3 is 10.1 Å². The molecule has 0 unspecified atom stereocenters. The molecule has 0 aliphatic carbocycles. The van der Waals surface area contributed by atoms with Crippen molar-refractivity contribution < 1.29 is 4.74 Å². The lowest BCUT2D eigenvalue weighted by molar-refractivity contribution is 0.340. The number of hydrogen-bond acceptors (Lipinski definition) is 3. The number of nitriles is 1. The van der Waals surface area contributed by atoms with Crippen LogP contribution in [0.25, 0.3) is 0 Å². The molecule has 4 heteroatoms. The Morgan fingerprint density at radius 1 is 1.26 bits per heavy atom. The SMILES string of the molecule is CCOc1cccc(Nc2cccc(Br)c2C#N)c1. The fourth-order valence-corrected chi connectivity index (χ4v) is 2.18. The average Bonchev–Trinajstić information content (AvgIpc) is 2.40. The highest BCUT2D eigenvalue weighted by molar-refractivity contribution is 9.10. The molecule has 0 fully saturated rings. The van der Waals surface area contributed by atoms with Gasteiger partial charge in [0, 0.05) is 16.2 Å². The molecule has 19 heavy (non-hydrogen) atoms. The maximum Gasteiger partial charge on any atom is 0.121 e. The summed E-state index contributed by atoms with van der Waals surface area (Å²) in [5.74, 6) is 0.806. The van der Waals surface area contributed by atoms with Gasteiger partial charge in [0.25, 0.3) is 0 Å². The Balaban J connectivity index is 2.29. The van der Waals surface area contributed by atoms with Crippen molar-refractivity contribution in [3.63, 3.8) is 0 Å². The minimum atomic E-state index is 0.587. The number of halogens is 1. The summed E-state index contributed by atoms with van der Waals surface area (Å²) in [7, 11) is 0. The molecule has 0 amide bonds. The van der Waals surface area contributed by atoms with Crippen LogP contribution in [0.15, 0.2) is 46.9 Å². The van der Waals surface area contributed by atoms with Crippen LogP contribution in [0.5, 0.6) is 5.75 Å². The van der Waals surface area contributed by atoms with Crippen LogP contribution in [0.3, 0.4) is 0 Å². The molecule has 0 aliphatic rings. The Hall–Kier alpha value is -1.99. The fourth-order valence-electron chi connectivity index (χ4n) is 1.73. The van der Waals surface area contributed by atoms with Crippen molar-refractivity contribution in [1.29, 1.82) is 5.26 Å². The fraction of sp³-hybridized carbons (Fsp3) is 0.133. The zero-order chi connectivity index (χ0) is 13.7. The number of ether oxygens (including phenoxy) is 1. The van der Waals surface area contributed by atoms with Crippen LogP contribution < -0.4 is 10.1 Å². The first-order valence-corrected chi connectivity index (χ1v) is 6.72. The van der Waals surface area contributed by atoms with E-state index in [1.54, 1.807) is 0 Å². The second-order valence-corrected chi connectivity index (χ2v) is 4.71. The highest BCUT2D eigenvalue weighted by Gasteiger charge is 2.06. The van der Waals surface area contributed by atoms with E-state index in [0.29, 0.717) is 12.2 Å². The minimum Gasteiger partial charge on any atom is -0.494 e. The number of hydrogen-bond donors (Lipinski definition) is 1. The van der Waals surface area contributed by atoms with Crippen LogP contribution in [0.1, 0.15) is 12.5 Å². The van der Waals surface area contributed by atoms with Crippen molar-refractivity contribution in [3.8, 4) is 11.8 Å². The molecule has 0 radical (unpaired) electrons. The molecule has 0 bridgehead atoms. The minimum absolute atomic E-state index is 0.587. The molecule has 2 rings (SSSR count). The van der Waals surface area contributed by atoms with E-state index in [4.69, 9.17) is 4.74 Å². The van der Waals surface area contributed by atoms with E-state index in [0.717, 1.165) is 21.6 Å². The van der Waals surface area contributed by atoms with Crippen molar-refractivity contribution >= 4 is 27.3 Å². The standard InChI is InChI=1S/C15H13BrN2O/c1-2-19-12-6-3-5-11(9-12)18-15-8-4-7-14(16)13(15)10-17/h3-9,18H,2H2,1H3. The summed E-state index contributed by atoms with van der Waals surface area (Å²) in [6.45, 7) is 2.58. The zero-order valence-electron chi connectivity index (χ0n) is 10.5. The van der Waals surface area contributed by atoms with Crippen molar-refractivity contribution in [1.82, 2.24) is 0 Å². The molecule has 0 aliphatic heterocycles. The summed E-state index contributed by atoms with van der Waals surface area (Å²) in [4.78, 5) is 0. The summed E-state index contributed by atoms with van der Waals surface area (Å²) < 4.78 is 6.23. The van der Waals surface area contributed by atoms with E-state index in [2.05, 4.69) is 27.3 Å². The molecule has 2 aromatic rings. The number of anilines is 2. The molecule has 2 aromatic carbocycles. The Kier molecular flexibility index (Phi) is 4.43. The largest absolute Gasteiger partial charge is 0.494 e. The monoisotopic (exact) mass is 316 g/mol. The highest BCUT2D eigenvalue weighted by atomic mass is 79.9. The van der Waals surface area contributed by atoms with Gasteiger partial charge in [-0.3, -0.25) is 0 Å². The summed E-state index contributed by atoms with van der Waals surface area (Å²) in [6.07, 6.45) is 0. The maximum absolute atomic E-state index is 9.17. The number of rotatable bonds is 4. The third-order valence-corrected chi connectivity index (χ3v) is 3.21. The predicted octanol–water partition coefficient (Wildman–Crippen LogP) is 4.46. The Morgan fingerprint density at radius 3 is 2.79 bits per heavy atom. The van der Waals surface area contributed by atoms with Gasteiger partial charge >= 0.3 is 0 Å². The van der Waals surface area contributed by atoms with Crippen molar-refractivity contribution in [3.05, 3.63) is 52.5 Å². The maximum atomic E-state index is 9.17. The molecule has 3 nitrogen and oxygen atoms in total. The smallest absolute Gasteiger partial charge is 0.121 e. The van der Waals surface area contributed by atoms with E-state index in [9.17, 15) is 5.26 Å². The van der Waals surface area contributed by atoms with E-state index in [1.165, 1.54) is 0 Å². The van der Waals surface area contributed by atoms with Crippen LogP contribution in [-0.2, 0) is 0 Å². The van der Waals surface area contributed by atoms with Gasteiger partial charge in [-0.15, -0.1) is 0 Å². The lowest BCUT2D eigenvalue weighted by atomic mass is 10.2. The Morgan fingerprint density at radius 2 is 2.05 bits per heavy atom. The van der Waals surface area contributed by atoms with E-state index < -0.39 is 0 Å². The van der Waals surface area contributed by atoms with Gasteiger partial charge in [-0.05, 0) is 47.1 Å². The van der Waals surface area contributed by atoms with Crippen LogP contribution in [-0.4, -0.2) is 6.61 Å². The van der Waals surface area contributed by atoms with Crippen molar-refractivity contribution in [2.24, 2.45) is 0 Å². The van der Waals surface area contributed by atoms with Gasteiger partial charge in [0.1, 0.15) is 11.8 Å². The highest BCUT2D eigenvalue weighted by Crippen LogP contribution is 2.28. The zero-order valence-corrected chi connectivity index (χ0v) is 12.1. The number of nitrogens with one attached hydrogen (secondary N) is 1. The summed E-state index contributed by atoms with van der Waals surface area (Å²) in [6, 6.07) is 15.5. The predicted molar refractivity (Wildman–Crippen MR) is 79.8 cm³/mol. The summed E-state index contributed by atoms with van der Waals surface area (Å²) in [5.41, 5.74) is 2.25. The first-order valence-electron chi connectivity index (χ1n) is 5.93. The molecule has 0 atom stereocenters. The molecular formula is C15H13BrN2O. The second-order valence-electron chi connectivity index (χ2n) is 3.86. The van der Waals surface area contributed by atoms with Crippen molar-refractivity contribution in [2.75, 3.05) is 11.9 Å². The quantitative estimate of drug-likeness (QED) is 0.905. The molecule has 0 saturated carbocycles. The van der Waals surface area contributed by atoms with Crippen LogP contribution in [0, 0.1) is 11.3 Å². The first kappa shape index (κ1) is 13.4. The Bertz CT molecular complexity index is 620. The summed E-state index contributed by atoms with van der Waals surface area (Å²) in [5, 5.41) is 12.4. The molecule has 1 N–H and O–H groups in total. The topological polar surface area (TPSA) is 45.0 Å². The lowest BCUT2D eigenvalue weighted by Gasteiger charge is -2.10. The molecule has 0 saturated heterocycles. The van der Waals surface area contributed by atoms with E-state index in [-0.39, 0.29) is 0 Å². The molecular weight excluding hydrogens is 304 g/mol. The molecule has 96 valence electrons. The Labute approximate surface area is 121 Å². The van der Waals surface area contributed by atoms with Gasteiger partial charge in [-0.25, -0.2) is 0 Å². The lowest BCUT2D eigenvalue weighted by Crippen LogP contribution is -1.96. The number of nitrogens with zero attached hydrogens (tertiary/aromatic N) is 1. The van der Waals surface area contributed by atoms with Crippen LogP contribution >= 0.6 is 15.9 Å². The normalized spacial score (nSPS) is 9.74. The van der Waals surface area contributed by atoms with Gasteiger partial charge in [0.2, 0.25) is 0 Å². The van der Waals surface area contributed by atoms with Crippen LogP contribution in [0.4, 0.5) is 11.4 Å². The molecule has 0 aromatic heterocycles. The van der Waals surface area contributed by atoms with Crippen molar-refractivity contribution in [2.45, 2.75) is 6.92 Å². The third-order valence-electron chi connectivity index (χ3n) is 2.55. The molecule has 0 heterocycles. The van der Waals surface area contributed by atoms with Gasteiger partial charge in [-0.1, -0.05) is 12.1 Å². The molecule has 0 spiro atoms. The summed E-state index contributed by atoms with van der Waals surface area (Å²) >= 11 is 3.37. The van der Waals surface area contributed by atoms with E-state index >= 15 is 0 Å².